The first-order valence-electron chi connectivity index (χ1n) is 25.9. The van der Waals surface area contributed by atoms with Gasteiger partial charge in [0.2, 0.25) is 0 Å². The maximum Gasteiger partial charge on any atom is 0.182 e. The van der Waals surface area contributed by atoms with Crippen LogP contribution in [0.25, 0.3) is 33.4 Å². The van der Waals surface area contributed by atoms with E-state index < -0.39 is 13.5 Å². The maximum atomic E-state index is 2.69. The van der Waals surface area contributed by atoms with Crippen LogP contribution in [0, 0.1) is 0 Å². The predicted molar refractivity (Wildman–Crippen MR) is 302 cm³/mol. The molecule has 0 saturated heterocycles. The fourth-order valence-electron chi connectivity index (χ4n) is 14.6. The van der Waals surface area contributed by atoms with Gasteiger partial charge >= 0.3 is 0 Å². The largest absolute Gasteiger partial charge is 0.310 e. The molecule has 1 nitrogen and oxygen atoms in total. The van der Waals surface area contributed by atoms with E-state index in [0.717, 1.165) is 0 Å². The molecule has 14 rings (SSSR count). The molecule has 71 heavy (non-hydrogen) atoms. The second-order valence-electron chi connectivity index (χ2n) is 24.5. The van der Waals surface area contributed by atoms with Crippen molar-refractivity contribution in [2.45, 2.75) is 96.3 Å². The van der Waals surface area contributed by atoms with E-state index in [1.54, 1.807) is 0 Å². The van der Waals surface area contributed by atoms with Gasteiger partial charge in [0.25, 0.3) is 0 Å². The normalized spacial score (nSPS) is 17.0. The number of anilines is 3. The topological polar surface area (TPSA) is 3.24 Å². The lowest BCUT2D eigenvalue weighted by molar-refractivity contribution is 0.538. The minimum atomic E-state index is -2.74. The van der Waals surface area contributed by atoms with E-state index in [1.165, 1.54) is 127 Å². The molecule has 0 radical (unpaired) electrons. The lowest BCUT2D eigenvalue weighted by atomic mass is 9.52. The van der Waals surface area contributed by atoms with Crippen molar-refractivity contribution in [2.24, 2.45) is 0 Å². The number of para-hydroxylation sites is 1. The van der Waals surface area contributed by atoms with Gasteiger partial charge in [-0.2, -0.15) is 0 Å². The molecule has 2 aliphatic carbocycles. The fraction of sp³-hybridized carbons (Fsp3) is 0.217. The lowest BCUT2D eigenvalue weighted by Gasteiger charge is -2.53. The summed E-state index contributed by atoms with van der Waals surface area (Å²) in [5, 5.41) is 5.99. The number of hydrogen-bond donors (Lipinski definition) is 0. The molecular formula is C69H61NSi. The summed E-state index contributed by atoms with van der Waals surface area (Å²) in [6.45, 7) is 24.1. The Bertz CT molecular complexity index is 3680. The first kappa shape index (κ1) is 42.8. The monoisotopic (exact) mass is 931 g/mol. The third-order valence-electron chi connectivity index (χ3n) is 18.1. The summed E-state index contributed by atoms with van der Waals surface area (Å²) in [5.41, 5.74) is 24.5. The quantitative estimate of drug-likeness (QED) is 0.148. The number of benzene rings is 9. The van der Waals surface area contributed by atoms with Crippen molar-refractivity contribution in [2.75, 3.05) is 4.90 Å². The van der Waals surface area contributed by atoms with Gasteiger partial charge in [-0.15, -0.1) is 0 Å². The van der Waals surface area contributed by atoms with Crippen LogP contribution in [-0.2, 0) is 27.1 Å². The van der Waals surface area contributed by atoms with E-state index in [4.69, 9.17) is 0 Å². The average molecular weight is 932 g/mol. The van der Waals surface area contributed by atoms with Gasteiger partial charge in [-0.05, 0) is 145 Å². The molecule has 2 spiro atoms. The van der Waals surface area contributed by atoms with Gasteiger partial charge in [0.05, 0.1) is 16.8 Å². The van der Waals surface area contributed by atoms with E-state index in [1.807, 2.05) is 0 Å². The number of nitrogens with zero attached hydrogens (tertiary/aromatic N) is 1. The molecule has 5 aliphatic rings. The van der Waals surface area contributed by atoms with E-state index in [9.17, 15) is 0 Å². The molecule has 0 amide bonds. The second kappa shape index (κ2) is 13.9. The highest BCUT2D eigenvalue weighted by Gasteiger charge is 2.57. The molecular weight excluding hydrogens is 871 g/mol. The minimum Gasteiger partial charge on any atom is -0.310 e. The van der Waals surface area contributed by atoms with Crippen LogP contribution in [0.1, 0.15) is 125 Å². The van der Waals surface area contributed by atoms with Crippen molar-refractivity contribution in [3.63, 3.8) is 0 Å². The van der Waals surface area contributed by atoms with Crippen molar-refractivity contribution in [1.29, 1.82) is 0 Å². The van der Waals surface area contributed by atoms with Gasteiger partial charge in [-0.1, -0.05) is 233 Å². The smallest absolute Gasteiger partial charge is 0.182 e. The third-order valence-corrected chi connectivity index (χ3v) is 23.0. The van der Waals surface area contributed by atoms with E-state index in [2.05, 4.69) is 262 Å². The molecule has 0 saturated carbocycles. The highest BCUT2D eigenvalue weighted by molar-refractivity contribution is 7.24. The Kier molecular flexibility index (Phi) is 8.39. The number of fused-ring (bicyclic) bond motifs is 21. The summed E-state index contributed by atoms with van der Waals surface area (Å²) in [7, 11) is -2.74. The molecule has 3 heterocycles. The molecule has 0 N–H and O–H groups in total. The zero-order valence-corrected chi connectivity index (χ0v) is 43.8. The third kappa shape index (κ3) is 5.26. The summed E-state index contributed by atoms with van der Waals surface area (Å²) in [4.78, 5) is 2.68. The Labute approximate surface area is 421 Å². The van der Waals surface area contributed by atoms with Crippen LogP contribution in [0.4, 0.5) is 17.1 Å². The molecule has 9 aromatic rings. The molecule has 3 aliphatic heterocycles. The highest BCUT2D eigenvalue weighted by atomic mass is 28.3. The van der Waals surface area contributed by atoms with Crippen molar-refractivity contribution in [3.8, 4) is 33.4 Å². The number of rotatable bonds is 1. The summed E-state index contributed by atoms with van der Waals surface area (Å²) >= 11 is 0. The van der Waals surface area contributed by atoms with Crippen LogP contribution >= 0.6 is 0 Å². The molecule has 2 heteroatoms. The Morgan fingerprint density at radius 1 is 0.324 bits per heavy atom. The van der Waals surface area contributed by atoms with Gasteiger partial charge in [-0.3, -0.25) is 0 Å². The number of hydrogen-bond acceptors (Lipinski definition) is 1. The second-order valence-corrected chi connectivity index (χ2v) is 28.1. The lowest BCUT2D eigenvalue weighted by Crippen LogP contribution is -2.70. The Morgan fingerprint density at radius 2 is 0.789 bits per heavy atom. The maximum absolute atomic E-state index is 2.74. The van der Waals surface area contributed by atoms with Crippen molar-refractivity contribution in [1.82, 2.24) is 0 Å². The Balaban J connectivity index is 1.14. The van der Waals surface area contributed by atoms with Gasteiger partial charge in [0.1, 0.15) is 0 Å². The van der Waals surface area contributed by atoms with Gasteiger partial charge in [0, 0.05) is 16.5 Å². The highest BCUT2D eigenvalue weighted by Crippen LogP contribution is 2.65. The molecule has 0 atom stereocenters. The Hall–Kier alpha value is -7.00. The van der Waals surface area contributed by atoms with Crippen molar-refractivity contribution < 1.29 is 0 Å². The van der Waals surface area contributed by atoms with E-state index in [0.29, 0.717) is 0 Å². The van der Waals surface area contributed by atoms with Gasteiger partial charge in [0.15, 0.2) is 8.07 Å². The standard InChI is InChI=1S/C69H61NSi/c1-65(2,3)42-31-35-52-56(37-42)69(57-38-43(66(4,5)6)32-36-53(57)68(52,9)10)54-26-16-17-27-59(54)70(60-40-50-45-21-11-15-25-51(45)67(7,8)55(50)41-58(60)69)44-33-34-49-48-24-14-20-30-63(48)71(64(49)39-44)61-28-18-12-22-46(61)47-23-13-19-29-62(47)71/h11-41H,1-10H3. The minimum absolute atomic E-state index is 0.0577. The predicted octanol–water partition coefficient (Wildman–Crippen LogP) is 14.7. The summed E-state index contributed by atoms with van der Waals surface area (Å²) in [6.07, 6.45) is 0. The van der Waals surface area contributed by atoms with E-state index in [-0.39, 0.29) is 21.7 Å². The molecule has 0 aromatic heterocycles. The molecule has 9 aromatic carbocycles. The molecule has 0 fully saturated rings. The van der Waals surface area contributed by atoms with Crippen LogP contribution in [0.3, 0.4) is 0 Å². The zero-order valence-electron chi connectivity index (χ0n) is 42.8. The van der Waals surface area contributed by atoms with Crippen molar-refractivity contribution >= 4 is 45.9 Å². The zero-order chi connectivity index (χ0) is 48.8. The first-order valence-corrected chi connectivity index (χ1v) is 27.9. The molecule has 0 bridgehead atoms. The Morgan fingerprint density at radius 3 is 1.34 bits per heavy atom. The van der Waals surface area contributed by atoms with Gasteiger partial charge in [-0.25, -0.2) is 0 Å². The summed E-state index contributed by atoms with van der Waals surface area (Å²) in [6, 6.07) is 74.7. The van der Waals surface area contributed by atoms with E-state index >= 15 is 0 Å². The SMILES string of the molecule is CC(C)(C)c1ccc2c(c1)C1(c3ccccc3N(c3ccc4c(c3)[Si]3(c5ccccc5-c5ccccc53)c3ccccc3-4)c3cc4c(cc31)C(C)(C)c1ccccc1-4)c1cc(C(C)(C)C)ccc1C2(C)C. The van der Waals surface area contributed by atoms with Crippen LogP contribution in [0.5, 0.6) is 0 Å². The van der Waals surface area contributed by atoms with Crippen LogP contribution < -0.4 is 25.6 Å². The van der Waals surface area contributed by atoms with Crippen LogP contribution in [-0.4, -0.2) is 8.07 Å². The average Bonchev–Trinajstić information content (AvgIpc) is 3.92. The fourth-order valence-corrected chi connectivity index (χ4v) is 20.2. The summed E-state index contributed by atoms with van der Waals surface area (Å²) in [5.74, 6) is 0. The summed E-state index contributed by atoms with van der Waals surface area (Å²) < 4.78 is 0. The molecule has 346 valence electrons. The first-order chi connectivity index (χ1) is 34.0. The van der Waals surface area contributed by atoms with Crippen LogP contribution in [0.2, 0.25) is 0 Å². The van der Waals surface area contributed by atoms with Gasteiger partial charge < -0.3 is 4.90 Å². The van der Waals surface area contributed by atoms with Crippen LogP contribution in [0.15, 0.2) is 188 Å². The molecule has 0 unspecified atom stereocenters. The van der Waals surface area contributed by atoms with Crippen molar-refractivity contribution in [3.05, 3.63) is 244 Å².